The number of nitriles is 1. The Morgan fingerprint density at radius 2 is 1.82 bits per heavy atom. The standard InChI is InChI=1S/C20H16N4O4/c1-24-19(26)16-5-3-2-4-15(16)18(23-24)20(27)28-12-17(25)22-14-8-6-13(7-9-14)10-11-21/h2-9H,10,12H2,1H3,(H,22,25). The molecule has 0 atom stereocenters. The van der Waals surface area contributed by atoms with Gasteiger partial charge >= 0.3 is 5.97 Å². The van der Waals surface area contributed by atoms with Crippen LogP contribution in [0, 0.1) is 11.3 Å². The number of carbonyl (C=O) groups is 2. The summed E-state index contributed by atoms with van der Waals surface area (Å²) in [5.74, 6) is -1.32. The van der Waals surface area contributed by atoms with Crippen molar-refractivity contribution in [1.29, 1.82) is 5.26 Å². The average molecular weight is 376 g/mol. The lowest BCUT2D eigenvalue weighted by atomic mass is 10.1. The second kappa shape index (κ2) is 8.14. The first-order valence-electron chi connectivity index (χ1n) is 8.38. The molecule has 0 aliphatic rings. The van der Waals surface area contributed by atoms with Gasteiger partial charge in [0.25, 0.3) is 11.5 Å². The zero-order valence-electron chi connectivity index (χ0n) is 15.0. The molecule has 0 aliphatic heterocycles. The maximum absolute atomic E-state index is 12.4. The van der Waals surface area contributed by atoms with E-state index in [4.69, 9.17) is 10.00 Å². The molecule has 0 saturated heterocycles. The lowest BCUT2D eigenvalue weighted by molar-refractivity contribution is -0.119. The molecule has 8 nitrogen and oxygen atoms in total. The molecule has 0 unspecified atom stereocenters. The van der Waals surface area contributed by atoms with Crippen molar-refractivity contribution >= 4 is 28.3 Å². The van der Waals surface area contributed by atoms with Gasteiger partial charge in [-0.15, -0.1) is 0 Å². The Bertz CT molecular complexity index is 1140. The summed E-state index contributed by atoms with van der Waals surface area (Å²) in [4.78, 5) is 36.5. The van der Waals surface area contributed by atoms with Crippen molar-refractivity contribution in [3.05, 3.63) is 70.1 Å². The fourth-order valence-electron chi connectivity index (χ4n) is 2.64. The van der Waals surface area contributed by atoms with E-state index < -0.39 is 18.5 Å². The second-order valence-electron chi connectivity index (χ2n) is 5.98. The number of hydrogen-bond acceptors (Lipinski definition) is 6. The topological polar surface area (TPSA) is 114 Å². The summed E-state index contributed by atoms with van der Waals surface area (Å²) in [6.07, 6.45) is 0.284. The summed E-state index contributed by atoms with van der Waals surface area (Å²) in [5, 5.41) is 15.9. The summed E-state index contributed by atoms with van der Waals surface area (Å²) in [5.41, 5.74) is 0.990. The number of amides is 1. The van der Waals surface area contributed by atoms with Crippen molar-refractivity contribution in [2.75, 3.05) is 11.9 Å². The lowest BCUT2D eigenvalue weighted by Crippen LogP contribution is -2.26. The van der Waals surface area contributed by atoms with Crippen LogP contribution in [-0.2, 0) is 23.0 Å². The smallest absolute Gasteiger partial charge is 0.359 e. The van der Waals surface area contributed by atoms with Gasteiger partial charge in [-0.05, 0) is 23.8 Å². The molecule has 2 aromatic carbocycles. The van der Waals surface area contributed by atoms with Gasteiger partial charge in [0.2, 0.25) is 0 Å². The van der Waals surface area contributed by atoms with Crippen LogP contribution in [0.4, 0.5) is 5.69 Å². The number of nitrogens with one attached hydrogen (secondary N) is 1. The number of rotatable bonds is 5. The summed E-state index contributed by atoms with van der Waals surface area (Å²) in [7, 11) is 1.44. The Labute approximate surface area is 160 Å². The molecule has 3 rings (SSSR count). The molecule has 0 bridgehead atoms. The minimum atomic E-state index is -0.800. The zero-order valence-corrected chi connectivity index (χ0v) is 15.0. The van der Waals surface area contributed by atoms with Gasteiger partial charge in [0, 0.05) is 18.1 Å². The first-order valence-corrected chi connectivity index (χ1v) is 8.38. The molecule has 0 saturated carbocycles. The molecule has 1 N–H and O–H groups in total. The predicted molar refractivity (Wildman–Crippen MR) is 102 cm³/mol. The van der Waals surface area contributed by atoms with Gasteiger partial charge < -0.3 is 10.1 Å². The number of benzene rings is 2. The van der Waals surface area contributed by atoms with Gasteiger partial charge in [0.05, 0.1) is 17.9 Å². The number of anilines is 1. The molecular weight excluding hydrogens is 360 g/mol. The van der Waals surface area contributed by atoms with Crippen LogP contribution in [0.15, 0.2) is 53.3 Å². The van der Waals surface area contributed by atoms with E-state index in [9.17, 15) is 14.4 Å². The normalized spacial score (nSPS) is 10.3. The summed E-state index contributed by atoms with van der Waals surface area (Å²) in [6, 6.07) is 15.4. The highest BCUT2D eigenvalue weighted by Gasteiger charge is 2.18. The van der Waals surface area contributed by atoms with Gasteiger partial charge in [-0.2, -0.15) is 10.4 Å². The van der Waals surface area contributed by atoms with Crippen molar-refractivity contribution in [3.63, 3.8) is 0 Å². The minimum absolute atomic E-state index is 0.0358. The summed E-state index contributed by atoms with van der Waals surface area (Å²) < 4.78 is 6.11. The third-order valence-corrected chi connectivity index (χ3v) is 4.01. The van der Waals surface area contributed by atoms with Crippen molar-refractivity contribution in [2.24, 2.45) is 7.05 Å². The summed E-state index contributed by atoms with van der Waals surface area (Å²) in [6.45, 7) is -0.502. The molecule has 0 spiro atoms. The summed E-state index contributed by atoms with van der Waals surface area (Å²) >= 11 is 0. The Morgan fingerprint density at radius 3 is 2.50 bits per heavy atom. The molecule has 0 radical (unpaired) electrons. The Balaban J connectivity index is 1.68. The molecule has 1 aromatic heterocycles. The SMILES string of the molecule is Cn1nc(C(=O)OCC(=O)Nc2ccc(CC#N)cc2)c2ccccc2c1=O. The van der Waals surface area contributed by atoms with E-state index in [-0.39, 0.29) is 17.7 Å². The van der Waals surface area contributed by atoms with E-state index in [0.29, 0.717) is 16.5 Å². The van der Waals surface area contributed by atoms with Crippen LogP contribution in [0.2, 0.25) is 0 Å². The van der Waals surface area contributed by atoms with Crippen LogP contribution >= 0.6 is 0 Å². The molecular formula is C20H16N4O4. The molecule has 3 aromatic rings. The minimum Gasteiger partial charge on any atom is -0.451 e. The fraction of sp³-hybridized carbons (Fsp3) is 0.150. The third kappa shape index (κ3) is 4.04. The number of carbonyl (C=O) groups excluding carboxylic acids is 2. The van der Waals surface area contributed by atoms with E-state index in [1.165, 1.54) is 7.05 Å². The van der Waals surface area contributed by atoms with Gasteiger partial charge in [-0.3, -0.25) is 9.59 Å². The Morgan fingerprint density at radius 1 is 1.14 bits per heavy atom. The monoisotopic (exact) mass is 376 g/mol. The largest absolute Gasteiger partial charge is 0.451 e. The highest BCUT2D eigenvalue weighted by Crippen LogP contribution is 2.14. The molecule has 28 heavy (non-hydrogen) atoms. The van der Waals surface area contributed by atoms with E-state index in [0.717, 1.165) is 10.2 Å². The van der Waals surface area contributed by atoms with Crippen LogP contribution in [-0.4, -0.2) is 28.3 Å². The van der Waals surface area contributed by atoms with Crippen molar-refractivity contribution < 1.29 is 14.3 Å². The second-order valence-corrected chi connectivity index (χ2v) is 5.98. The molecule has 1 amide bonds. The maximum atomic E-state index is 12.4. The Hall–Kier alpha value is -3.99. The molecule has 0 fully saturated rings. The highest BCUT2D eigenvalue weighted by molar-refractivity contribution is 6.03. The number of nitrogens with zero attached hydrogens (tertiary/aromatic N) is 3. The first-order chi connectivity index (χ1) is 13.5. The molecule has 1 heterocycles. The van der Waals surface area contributed by atoms with Crippen LogP contribution < -0.4 is 10.9 Å². The van der Waals surface area contributed by atoms with E-state index in [2.05, 4.69) is 10.4 Å². The van der Waals surface area contributed by atoms with E-state index in [1.807, 2.05) is 6.07 Å². The lowest BCUT2D eigenvalue weighted by Gasteiger charge is -2.09. The van der Waals surface area contributed by atoms with Crippen LogP contribution in [0.25, 0.3) is 10.8 Å². The van der Waals surface area contributed by atoms with Crippen LogP contribution in [0.1, 0.15) is 16.1 Å². The number of esters is 1. The van der Waals surface area contributed by atoms with Crippen molar-refractivity contribution in [2.45, 2.75) is 6.42 Å². The number of aromatic nitrogens is 2. The quantitative estimate of drug-likeness (QED) is 0.679. The average Bonchev–Trinajstić information content (AvgIpc) is 2.70. The maximum Gasteiger partial charge on any atom is 0.359 e. The molecule has 8 heteroatoms. The Kier molecular flexibility index (Phi) is 5.46. The van der Waals surface area contributed by atoms with Gasteiger partial charge in [0.15, 0.2) is 12.3 Å². The highest BCUT2D eigenvalue weighted by atomic mass is 16.5. The van der Waals surface area contributed by atoms with Gasteiger partial charge in [-0.25, -0.2) is 9.48 Å². The number of aryl methyl sites for hydroxylation is 1. The van der Waals surface area contributed by atoms with Gasteiger partial charge in [0.1, 0.15) is 0 Å². The van der Waals surface area contributed by atoms with E-state index >= 15 is 0 Å². The van der Waals surface area contributed by atoms with Gasteiger partial charge in [-0.1, -0.05) is 30.3 Å². The number of ether oxygens (including phenoxy) is 1. The molecule has 140 valence electrons. The number of hydrogen-bond donors (Lipinski definition) is 1. The van der Waals surface area contributed by atoms with Crippen LogP contribution in [0.5, 0.6) is 0 Å². The number of fused-ring (bicyclic) bond motifs is 1. The van der Waals surface area contributed by atoms with Crippen molar-refractivity contribution in [3.8, 4) is 6.07 Å². The molecule has 0 aliphatic carbocycles. The predicted octanol–water partition coefficient (Wildman–Crippen LogP) is 1.80. The fourth-order valence-corrected chi connectivity index (χ4v) is 2.64. The van der Waals surface area contributed by atoms with E-state index in [1.54, 1.807) is 48.5 Å². The van der Waals surface area contributed by atoms with Crippen LogP contribution in [0.3, 0.4) is 0 Å². The third-order valence-electron chi connectivity index (χ3n) is 4.01. The van der Waals surface area contributed by atoms with Crippen molar-refractivity contribution in [1.82, 2.24) is 9.78 Å². The zero-order chi connectivity index (χ0) is 20.1. The first kappa shape index (κ1) is 18.8.